The number of nitrogens with zero attached hydrogens (tertiary/aromatic N) is 2. The molecule has 96 valence electrons. The molecule has 6 nitrogen and oxygen atoms in total. The first kappa shape index (κ1) is 9.47. The van der Waals surface area contributed by atoms with Gasteiger partial charge < -0.3 is 14.6 Å². The number of fused-ring (bicyclic) bond motifs is 1. The van der Waals surface area contributed by atoms with E-state index in [9.17, 15) is 14.7 Å². The number of hydrazine groups is 1. The predicted molar refractivity (Wildman–Crippen MR) is 54.6 cm³/mol. The molecule has 0 aromatic carbocycles. The molecule has 6 rings (SSSR count). The molecule has 2 aliphatic heterocycles. The Bertz CT molecular complexity index is 474. The molecule has 2 heterocycles. The normalized spacial score (nSPS) is 55.6. The van der Waals surface area contributed by atoms with Crippen molar-refractivity contribution in [3.63, 3.8) is 0 Å². The van der Waals surface area contributed by atoms with E-state index >= 15 is 0 Å². The number of amides is 2. The number of carbonyl (C=O) groups excluding carboxylic acids is 2. The van der Waals surface area contributed by atoms with Crippen LogP contribution in [0.25, 0.3) is 0 Å². The molecule has 18 heavy (non-hydrogen) atoms. The molecule has 0 radical (unpaired) electrons. The summed E-state index contributed by atoms with van der Waals surface area (Å²) < 4.78 is 5.00. The van der Waals surface area contributed by atoms with Gasteiger partial charge >= 0.3 is 6.09 Å². The second-order valence-electron chi connectivity index (χ2n) is 6.10. The fraction of sp³-hybridized carbons (Fsp3) is 0.833. The van der Waals surface area contributed by atoms with Crippen LogP contribution in [0.5, 0.6) is 0 Å². The van der Waals surface area contributed by atoms with Crippen LogP contribution in [-0.4, -0.2) is 40.9 Å². The van der Waals surface area contributed by atoms with Crippen LogP contribution in [0.4, 0.5) is 9.59 Å². The highest BCUT2D eigenvalue weighted by atomic mass is 16.6. The molecule has 6 aliphatic rings. The second kappa shape index (κ2) is 2.46. The van der Waals surface area contributed by atoms with Crippen molar-refractivity contribution in [3.05, 3.63) is 0 Å². The van der Waals surface area contributed by atoms with Crippen LogP contribution < -0.4 is 5.11 Å². The van der Waals surface area contributed by atoms with E-state index in [-0.39, 0.29) is 18.7 Å². The van der Waals surface area contributed by atoms with E-state index < -0.39 is 12.2 Å². The van der Waals surface area contributed by atoms with Crippen LogP contribution in [0.3, 0.4) is 0 Å². The van der Waals surface area contributed by atoms with Crippen LogP contribution in [0.2, 0.25) is 0 Å². The number of hydrogen-bond acceptors (Lipinski definition) is 4. The Kier molecular flexibility index (Phi) is 1.29. The zero-order valence-corrected chi connectivity index (χ0v) is 9.85. The quantitative estimate of drug-likeness (QED) is 0.628. The Morgan fingerprint density at radius 1 is 1.00 bits per heavy atom. The lowest BCUT2D eigenvalue weighted by Gasteiger charge is -2.94. The van der Waals surface area contributed by atoms with Gasteiger partial charge in [-0.3, -0.25) is 5.01 Å². The number of hydrogen-bond donors (Lipinski definition) is 0. The monoisotopic (exact) mass is 249 g/mol. The van der Waals surface area contributed by atoms with Gasteiger partial charge in [0.25, 0.3) is 0 Å². The van der Waals surface area contributed by atoms with Crippen LogP contribution in [0.1, 0.15) is 6.92 Å². The van der Waals surface area contributed by atoms with Crippen LogP contribution in [0.15, 0.2) is 0 Å². The summed E-state index contributed by atoms with van der Waals surface area (Å²) in [4.78, 5) is 23.3. The van der Waals surface area contributed by atoms with Gasteiger partial charge in [-0.1, -0.05) is 0 Å². The summed E-state index contributed by atoms with van der Waals surface area (Å²) in [6.07, 6.45) is -1.79. The number of rotatable bonds is 1. The summed E-state index contributed by atoms with van der Waals surface area (Å²) in [7, 11) is 0. The standard InChI is InChI=1S/C12H14N2O4/c1-2-18-12(17)14-10-7-4-3-5(7)9(6(3)8(4)10)13(14)11(15)16/h3-10H,2H2,1H3,(H,15,16)/p-1. The van der Waals surface area contributed by atoms with Gasteiger partial charge in [0.1, 0.15) is 0 Å². The lowest BCUT2D eigenvalue weighted by atomic mass is 9.16. The van der Waals surface area contributed by atoms with Crippen molar-refractivity contribution in [2.24, 2.45) is 35.5 Å². The number of ether oxygens (including phenoxy) is 1. The van der Waals surface area contributed by atoms with E-state index in [4.69, 9.17) is 4.74 Å². The summed E-state index contributed by atoms with van der Waals surface area (Å²) in [6, 6.07) is 0.0614. The topological polar surface area (TPSA) is 72.9 Å². The molecule has 4 aliphatic carbocycles. The molecule has 2 saturated heterocycles. The van der Waals surface area contributed by atoms with Gasteiger partial charge in [-0.25, -0.2) is 9.80 Å². The maximum Gasteiger partial charge on any atom is 0.429 e. The van der Waals surface area contributed by atoms with Gasteiger partial charge in [-0.2, -0.15) is 0 Å². The molecule has 0 N–H and O–H groups in total. The first-order chi connectivity index (χ1) is 8.68. The molecule has 0 aromatic heterocycles. The Labute approximate surface area is 103 Å². The van der Waals surface area contributed by atoms with E-state index in [0.717, 1.165) is 16.8 Å². The molecule has 6 fully saturated rings. The van der Waals surface area contributed by atoms with Crippen molar-refractivity contribution in [1.82, 2.24) is 10.0 Å². The molecule has 0 aromatic rings. The van der Waals surface area contributed by atoms with Crippen molar-refractivity contribution < 1.29 is 19.4 Å². The van der Waals surface area contributed by atoms with Crippen molar-refractivity contribution in [2.45, 2.75) is 19.0 Å². The second-order valence-corrected chi connectivity index (χ2v) is 6.10. The maximum absolute atomic E-state index is 12.0. The van der Waals surface area contributed by atoms with Gasteiger partial charge in [-0.15, -0.1) is 0 Å². The minimum atomic E-state index is -1.26. The molecule has 6 heteroatoms. The van der Waals surface area contributed by atoms with E-state index in [1.807, 2.05) is 0 Å². The van der Waals surface area contributed by atoms with Gasteiger partial charge in [0.05, 0.1) is 18.7 Å². The largest absolute Gasteiger partial charge is 0.529 e. The average molecular weight is 249 g/mol. The summed E-state index contributed by atoms with van der Waals surface area (Å²) in [5.74, 6) is 3.61. The van der Waals surface area contributed by atoms with Crippen molar-refractivity contribution in [3.8, 4) is 0 Å². The summed E-state index contributed by atoms with van der Waals surface area (Å²) in [6.45, 7) is 1.99. The Morgan fingerprint density at radius 3 is 1.94 bits per heavy atom. The molecule has 4 unspecified atom stereocenters. The first-order valence-electron chi connectivity index (χ1n) is 6.64. The summed E-state index contributed by atoms with van der Waals surface area (Å²) >= 11 is 0. The number of carbonyl (C=O) groups is 2. The molecule has 4 atom stereocenters. The van der Waals surface area contributed by atoms with Crippen LogP contribution in [-0.2, 0) is 4.74 Å². The number of carboxylic acid groups (broad SMARTS) is 1. The average Bonchev–Trinajstić information content (AvgIpc) is 2.27. The van der Waals surface area contributed by atoms with Crippen molar-refractivity contribution >= 4 is 12.2 Å². The van der Waals surface area contributed by atoms with Crippen molar-refractivity contribution in [1.29, 1.82) is 0 Å². The highest BCUT2D eigenvalue weighted by Crippen LogP contribution is 2.87. The van der Waals surface area contributed by atoms with Crippen LogP contribution in [0, 0.1) is 35.5 Å². The van der Waals surface area contributed by atoms with Gasteiger partial charge in [0.15, 0.2) is 6.09 Å². The Balaban J connectivity index is 1.53. The van der Waals surface area contributed by atoms with Crippen molar-refractivity contribution in [2.75, 3.05) is 6.61 Å². The highest BCUT2D eigenvalue weighted by molar-refractivity contribution is 5.75. The fourth-order valence-corrected chi connectivity index (χ4v) is 5.87. The minimum absolute atomic E-state index is 0.00518. The third kappa shape index (κ3) is 0.621. The molecular formula is C12H13N2O4-. The van der Waals surface area contributed by atoms with Gasteiger partial charge in [0.2, 0.25) is 0 Å². The molecule has 4 saturated carbocycles. The third-order valence-electron chi connectivity index (χ3n) is 6.13. The first-order valence-corrected chi connectivity index (χ1v) is 6.64. The Hall–Kier alpha value is -1.46. The zero-order valence-electron chi connectivity index (χ0n) is 9.85. The smallest absolute Gasteiger partial charge is 0.429 e. The molecule has 2 bridgehead atoms. The SMILES string of the molecule is CCOC(=O)N1C2C3C4C5C3C(C5C42)N1C(=O)[O-]. The fourth-order valence-electron chi connectivity index (χ4n) is 5.87. The lowest BCUT2D eigenvalue weighted by molar-refractivity contribution is -0.490. The summed E-state index contributed by atoms with van der Waals surface area (Å²) in [5, 5.41) is 13.8. The molecular weight excluding hydrogens is 236 g/mol. The minimum Gasteiger partial charge on any atom is -0.529 e. The zero-order chi connectivity index (χ0) is 12.3. The van der Waals surface area contributed by atoms with Crippen LogP contribution >= 0.6 is 0 Å². The third-order valence-corrected chi connectivity index (χ3v) is 6.13. The van der Waals surface area contributed by atoms with E-state index in [0.29, 0.717) is 23.7 Å². The Morgan fingerprint density at radius 2 is 1.50 bits per heavy atom. The van der Waals surface area contributed by atoms with E-state index in [2.05, 4.69) is 0 Å². The van der Waals surface area contributed by atoms with Gasteiger partial charge in [-0.05, 0) is 42.4 Å². The van der Waals surface area contributed by atoms with E-state index in [1.54, 1.807) is 6.92 Å². The highest BCUT2D eigenvalue weighted by Gasteiger charge is 2.92. The van der Waals surface area contributed by atoms with Gasteiger partial charge in [0, 0.05) is 0 Å². The summed E-state index contributed by atoms with van der Waals surface area (Å²) in [5.41, 5.74) is 0. The maximum atomic E-state index is 12.0. The predicted octanol–water partition coefficient (Wildman–Crippen LogP) is -0.492. The molecule has 0 spiro atoms. The lowest BCUT2D eigenvalue weighted by Crippen LogP contribution is -3.01. The van der Waals surface area contributed by atoms with E-state index in [1.165, 1.54) is 5.01 Å². The molecule has 2 amide bonds.